The standard InChI is InChI=1S/C9H22N2O3S/c1-3-4-8-11(2)15(13,14)10-7-5-6-9-12/h10,12H,3-9H2,1-2H3. The fourth-order valence-electron chi connectivity index (χ4n) is 1.05. The van der Waals surface area contributed by atoms with Crippen LogP contribution < -0.4 is 4.72 Å². The highest BCUT2D eigenvalue weighted by Gasteiger charge is 2.15. The van der Waals surface area contributed by atoms with E-state index in [1.165, 1.54) is 4.31 Å². The molecule has 0 saturated carbocycles. The van der Waals surface area contributed by atoms with Gasteiger partial charge in [-0.25, -0.2) is 4.72 Å². The van der Waals surface area contributed by atoms with Gasteiger partial charge in [0, 0.05) is 26.7 Å². The second-order valence-corrected chi connectivity index (χ2v) is 5.37. The van der Waals surface area contributed by atoms with Gasteiger partial charge in [0.15, 0.2) is 0 Å². The molecule has 0 aromatic heterocycles. The topological polar surface area (TPSA) is 69.6 Å². The fraction of sp³-hybridized carbons (Fsp3) is 1.00. The first-order valence-corrected chi connectivity index (χ1v) is 6.80. The summed E-state index contributed by atoms with van der Waals surface area (Å²) in [6.07, 6.45) is 3.14. The van der Waals surface area contributed by atoms with Crippen LogP contribution in [0.1, 0.15) is 32.6 Å². The van der Waals surface area contributed by atoms with Crippen molar-refractivity contribution in [1.82, 2.24) is 9.03 Å². The maximum atomic E-state index is 11.6. The Morgan fingerprint density at radius 3 is 2.47 bits per heavy atom. The van der Waals surface area contributed by atoms with Gasteiger partial charge in [-0.3, -0.25) is 0 Å². The number of unbranched alkanes of at least 4 members (excludes halogenated alkanes) is 2. The normalized spacial score (nSPS) is 12.3. The number of nitrogens with zero attached hydrogens (tertiary/aromatic N) is 1. The van der Waals surface area contributed by atoms with Crippen LogP contribution in [0.2, 0.25) is 0 Å². The first-order chi connectivity index (χ1) is 7.04. The summed E-state index contributed by atoms with van der Waals surface area (Å²) in [6, 6.07) is 0. The molecule has 0 aliphatic heterocycles. The quantitative estimate of drug-likeness (QED) is 0.569. The van der Waals surface area contributed by atoms with Crippen LogP contribution in [0.4, 0.5) is 0 Å². The van der Waals surface area contributed by atoms with E-state index in [1.807, 2.05) is 6.92 Å². The average molecular weight is 238 g/mol. The predicted octanol–water partition coefficient (Wildman–Crippen LogP) is 0.325. The Hall–Kier alpha value is -0.170. The van der Waals surface area contributed by atoms with Crippen molar-refractivity contribution in [1.29, 1.82) is 0 Å². The molecule has 0 radical (unpaired) electrons. The van der Waals surface area contributed by atoms with Gasteiger partial charge in [-0.05, 0) is 19.3 Å². The second-order valence-electron chi connectivity index (χ2n) is 3.51. The molecule has 15 heavy (non-hydrogen) atoms. The van der Waals surface area contributed by atoms with Crippen molar-refractivity contribution < 1.29 is 13.5 Å². The molecule has 0 saturated heterocycles. The van der Waals surface area contributed by atoms with E-state index < -0.39 is 10.2 Å². The molecule has 0 spiro atoms. The van der Waals surface area contributed by atoms with Crippen LogP contribution in [-0.2, 0) is 10.2 Å². The minimum Gasteiger partial charge on any atom is -0.396 e. The molecule has 0 aliphatic carbocycles. The van der Waals surface area contributed by atoms with Crippen LogP contribution in [0.5, 0.6) is 0 Å². The Morgan fingerprint density at radius 1 is 1.27 bits per heavy atom. The van der Waals surface area contributed by atoms with Crippen molar-refractivity contribution >= 4 is 10.2 Å². The van der Waals surface area contributed by atoms with Gasteiger partial charge < -0.3 is 5.11 Å². The summed E-state index contributed by atoms with van der Waals surface area (Å²) >= 11 is 0. The van der Waals surface area contributed by atoms with Gasteiger partial charge in [0.25, 0.3) is 10.2 Å². The minimum atomic E-state index is -3.31. The number of hydrogen-bond donors (Lipinski definition) is 2. The van der Waals surface area contributed by atoms with E-state index in [1.54, 1.807) is 7.05 Å². The van der Waals surface area contributed by atoms with E-state index in [9.17, 15) is 8.42 Å². The number of rotatable bonds is 9. The van der Waals surface area contributed by atoms with E-state index in [-0.39, 0.29) is 6.61 Å². The molecule has 0 bridgehead atoms. The van der Waals surface area contributed by atoms with Gasteiger partial charge in [0.2, 0.25) is 0 Å². The Morgan fingerprint density at radius 2 is 1.93 bits per heavy atom. The summed E-state index contributed by atoms with van der Waals surface area (Å²) in [6.45, 7) is 3.06. The van der Waals surface area contributed by atoms with Gasteiger partial charge in [-0.2, -0.15) is 12.7 Å². The van der Waals surface area contributed by atoms with E-state index in [4.69, 9.17) is 5.11 Å². The lowest BCUT2D eigenvalue weighted by molar-refractivity contribution is 0.284. The molecule has 0 rings (SSSR count). The molecule has 0 fully saturated rings. The fourth-order valence-corrected chi connectivity index (χ4v) is 2.04. The Labute approximate surface area is 92.7 Å². The number of aliphatic hydroxyl groups is 1. The van der Waals surface area contributed by atoms with Gasteiger partial charge in [0.1, 0.15) is 0 Å². The summed E-state index contributed by atoms with van der Waals surface area (Å²) in [5, 5.41) is 8.53. The zero-order chi connectivity index (χ0) is 11.7. The first kappa shape index (κ1) is 14.8. The second kappa shape index (κ2) is 8.04. The van der Waals surface area contributed by atoms with Crippen LogP contribution in [0, 0.1) is 0 Å². The summed E-state index contributed by atoms with van der Waals surface area (Å²) in [7, 11) is -1.74. The van der Waals surface area contributed by atoms with Crippen LogP contribution in [0.15, 0.2) is 0 Å². The molecule has 92 valence electrons. The maximum Gasteiger partial charge on any atom is 0.279 e. The largest absolute Gasteiger partial charge is 0.396 e. The minimum absolute atomic E-state index is 0.105. The van der Waals surface area contributed by atoms with Crippen LogP contribution in [0.3, 0.4) is 0 Å². The Bertz CT molecular complexity index is 242. The van der Waals surface area contributed by atoms with Crippen molar-refractivity contribution in [2.75, 3.05) is 26.7 Å². The SMILES string of the molecule is CCCCN(C)S(=O)(=O)NCCCCO. The van der Waals surface area contributed by atoms with Crippen molar-refractivity contribution in [3.8, 4) is 0 Å². The molecular formula is C9H22N2O3S. The molecule has 5 nitrogen and oxygen atoms in total. The maximum absolute atomic E-state index is 11.6. The van der Waals surface area contributed by atoms with Crippen molar-refractivity contribution in [3.63, 3.8) is 0 Å². The molecule has 6 heteroatoms. The van der Waals surface area contributed by atoms with E-state index in [2.05, 4.69) is 4.72 Å². The van der Waals surface area contributed by atoms with Gasteiger partial charge in [-0.15, -0.1) is 0 Å². The zero-order valence-corrected chi connectivity index (χ0v) is 10.4. The lowest BCUT2D eigenvalue weighted by Gasteiger charge is -2.17. The Balaban J connectivity index is 3.84. The highest BCUT2D eigenvalue weighted by atomic mass is 32.2. The highest BCUT2D eigenvalue weighted by molar-refractivity contribution is 7.87. The molecule has 0 heterocycles. The smallest absolute Gasteiger partial charge is 0.279 e. The molecule has 0 aromatic rings. The van der Waals surface area contributed by atoms with E-state index in [0.29, 0.717) is 25.9 Å². The molecule has 0 aromatic carbocycles. The molecule has 2 N–H and O–H groups in total. The van der Waals surface area contributed by atoms with Crippen molar-refractivity contribution in [2.24, 2.45) is 0 Å². The molecule has 0 unspecified atom stereocenters. The number of nitrogens with one attached hydrogen (secondary N) is 1. The van der Waals surface area contributed by atoms with Crippen LogP contribution >= 0.6 is 0 Å². The monoisotopic (exact) mass is 238 g/mol. The van der Waals surface area contributed by atoms with E-state index in [0.717, 1.165) is 12.8 Å². The number of hydrogen-bond acceptors (Lipinski definition) is 3. The summed E-state index contributed by atoms with van der Waals surface area (Å²) in [5.74, 6) is 0. The third-order valence-corrected chi connectivity index (χ3v) is 3.68. The van der Waals surface area contributed by atoms with E-state index >= 15 is 0 Å². The van der Waals surface area contributed by atoms with Crippen molar-refractivity contribution in [2.45, 2.75) is 32.6 Å². The molecule has 0 amide bonds. The lowest BCUT2D eigenvalue weighted by atomic mass is 10.3. The van der Waals surface area contributed by atoms with Crippen LogP contribution in [-0.4, -0.2) is 44.6 Å². The third kappa shape index (κ3) is 6.83. The molecule has 0 atom stereocenters. The third-order valence-electron chi connectivity index (χ3n) is 2.11. The summed E-state index contributed by atoms with van der Waals surface area (Å²) < 4.78 is 26.9. The van der Waals surface area contributed by atoms with Gasteiger partial charge in [-0.1, -0.05) is 13.3 Å². The average Bonchev–Trinajstić information content (AvgIpc) is 2.21. The van der Waals surface area contributed by atoms with Crippen molar-refractivity contribution in [3.05, 3.63) is 0 Å². The van der Waals surface area contributed by atoms with Crippen LogP contribution in [0.25, 0.3) is 0 Å². The lowest BCUT2D eigenvalue weighted by Crippen LogP contribution is -2.39. The Kier molecular flexibility index (Phi) is 7.95. The predicted molar refractivity (Wildman–Crippen MR) is 60.8 cm³/mol. The number of aliphatic hydroxyl groups excluding tert-OH is 1. The summed E-state index contributed by atoms with van der Waals surface area (Å²) in [4.78, 5) is 0. The first-order valence-electron chi connectivity index (χ1n) is 5.36. The highest BCUT2D eigenvalue weighted by Crippen LogP contribution is 1.98. The van der Waals surface area contributed by atoms with Gasteiger partial charge in [0.05, 0.1) is 0 Å². The summed E-state index contributed by atoms with van der Waals surface area (Å²) in [5.41, 5.74) is 0. The molecular weight excluding hydrogens is 216 g/mol. The van der Waals surface area contributed by atoms with Gasteiger partial charge >= 0.3 is 0 Å². The molecule has 0 aliphatic rings. The zero-order valence-electron chi connectivity index (χ0n) is 9.57.